The number of aryl methyl sites for hydroxylation is 1. The molecule has 0 bridgehead atoms. The van der Waals surface area contributed by atoms with E-state index in [1.165, 1.54) is 18.9 Å². The number of nitrogens with one attached hydrogen (secondary N) is 1. The minimum atomic E-state index is -0.0624. The first-order valence-corrected chi connectivity index (χ1v) is 6.47. The lowest BCUT2D eigenvalue weighted by atomic mass is 10.1. The van der Waals surface area contributed by atoms with E-state index >= 15 is 0 Å². The highest BCUT2D eigenvalue weighted by Gasteiger charge is 2.01. The lowest BCUT2D eigenvalue weighted by molar-refractivity contribution is -0.119. The van der Waals surface area contributed by atoms with E-state index in [2.05, 4.69) is 4.72 Å². The summed E-state index contributed by atoms with van der Waals surface area (Å²) < 4.78 is 2.66. The second kappa shape index (κ2) is 7.12. The third kappa shape index (κ3) is 5.54. The van der Waals surface area contributed by atoms with Gasteiger partial charge in [-0.1, -0.05) is 19.1 Å². The van der Waals surface area contributed by atoms with E-state index < -0.39 is 0 Å². The van der Waals surface area contributed by atoms with Gasteiger partial charge in [-0.05, 0) is 36.1 Å². The van der Waals surface area contributed by atoms with E-state index in [-0.39, 0.29) is 5.91 Å². The van der Waals surface area contributed by atoms with E-state index in [0.29, 0.717) is 18.6 Å². The summed E-state index contributed by atoms with van der Waals surface area (Å²) in [5, 5.41) is 0. The third-order valence-corrected chi connectivity index (χ3v) is 3.22. The second-order valence-corrected chi connectivity index (χ2v) is 4.68. The van der Waals surface area contributed by atoms with E-state index in [0.717, 1.165) is 16.9 Å². The zero-order valence-corrected chi connectivity index (χ0v) is 11.0. The molecule has 1 amide bonds. The molecule has 0 heterocycles. The molecule has 0 aliphatic carbocycles. The Hall–Kier alpha value is -1.29. The Morgan fingerprint density at radius 2 is 1.88 bits per heavy atom. The van der Waals surface area contributed by atoms with Crippen LogP contribution in [-0.2, 0) is 16.0 Å². The fourth-order valence-corrected chi connectivity index (χ4v) is 1.85. The van der Waals surface area contributed by atoms with Crippen LogP contribution in [0.3, 0.4) is 0 Å². The van der Waals surface area contributed by atoms with E-state index in [1.807, 2.05) is 31.2 Å². The predicted octanol–water partition coefficient (Wildman–Crippen LogP) is 2.74. The lowest BCUT2D eigenvalue weighted by Gasteiger charge is -2.03. The van der Waals surface area contributed by atoms with E-state index in [9.17, 15) is 9.59 Å². The van der Waals surface area contributed by atoms with Crippen LogP contribution in [0.25, 0.3) is 0 Å². The summed E-state index contributed by atoms with van der Waals surface area (Å²) in [6.07, 6.45) is 2.00. The molecule has 0 aliphatic heterocycles. The fourth-order valence-electron chi connectivity index (χ4n) is 1.32. The van der Waals surface area contributed by atoms with Gasteiger partial charge in [0.15, 0.2) is 0 Å². The average Bonchev–Trinajstić information content (AvgIpc) is 2.34. The molecule has 17 heavy (non-hydrogen) atoms. The maximum absolute atomic E-state index is 11.2. The van der Waals surface area contributed by atoms with Crippen LogP contribution in [0.5, 0.6) is 0 Å². The van der Waals surface area contributed by atoms with Gasteiger partial charge in [-0.3, -0.25) is 14.3 Å². The van der Waals surface area contributed by atoms with Crippen molar-refractivity contribution in [1.82, 2.24) is 4.72 Å². The van der Waals surface area contributed by atoms with E-state index in [1.54, 1.807) is 0 Å². The quantitative estimate of drug-likeness (QED) is 0.791. The van der Waals surface area contributed by atoms with Gasteiger partial charge in [0.2, 0.25) is 5.91 Å². The molecule has 0 aliphatic rings. The van der Waals surface area contributed by atoms with Crippen LogP contribution >= 0.6 is 11.9 Å². The molecule has 0 saturated heterocycles. The first kappa shape index (κ1) is 13.8. The van der Waals surface area contributed by atoms with Crippen molar-refractivity contribution in [1.29, 1.82) is 0 Å². The molecule has 3 nitrogen and oxygen atoms in total. The van der Waals surface area contributed by atoms with Gasteiger partial charge >= 0.3 is 0 Å². The van der Waals surface area contributed by atoms with Gasteiger partial charge < -0.3 is 0 Å². The summed E-state index contributed by atoms with van der Waals surface area (Å²) in [5.41, 5.74) is 1.15. The molecule has 0 aromatic heterocycles. The summed E-state index contributed by atoms with van der Waals surface area (Å²) in [5.74, 6) is 0.231. The highest BCUT2D eigenvalue weighted by Crippen LogP contribution is 2.16. The van der Waals surface area contributed by atoms with Crippen molar-refractivity contribution in [3.05, 3.63) is 29.8 Å². The molecule has 1 aromatic carbocycles. The van der Waals surface area contributed by atoms with Gasteiger partial charge in [0, 0.05) is 24.7 Å². The fraction of sp³-hybridized carbons (Fsp3) is 0.385. The van der Waals surface area contributed by atoms with Crippen molar-refractivity contribution in [2.75, 3.05) is 0 Å². The summed E-state index contributed by atoms with van der Waals surface area (Å²) in [7, 11) is 0. The maximum Gasteiger partial charge on any atom is 0.226 e. The number of hydrogen-bond donors (Lipinski definition) is 1. The minimum Gasteiger partial charge on any atom is -0.300 e. The molecule has 92 valence electrons. The number of Topliss-reactive ketones (excluding diaryl/α,β-unsaturated/α-hetero) is 1. The molecule has 0 atom stereocenters. The first-order chi connectivity index (χ1) is 8.11. The molecular weight excluding hydrogens is 234 g/mol. The van der Waals surface area contributed by atoms with Crippen molar-refractivity contribution in [2.45, 2.75) is 38.0 Å². The lowest BCUT2D eigenvalue weighted by Crippen LogP contribution is -2.09. The van der Waals surface area contributed by atoms with Crippen LogP contribution in [-0.4, -0.2) is 11.7 Å². The molecule has 1 N–H and O–H groups in total. The van der Waals surface area contributed by atoms with Crippen molar-refractivity contribution in [3.63, 3.8) is 0 Å². The Labute approximate surface area is 106 Å². The zero-order valence-electron chi connectivity index (χ0n) is 10.2. The summed E-state index contributed by atoms with van der Waals surface area (Å²) >= 11 is 1.30. The SMILES string of the molecule is CCC(=O)CCc1ccc(SNC(C)=O)cc1. The smallest absolute Gasteiger partial charge is 0.226 e. The Balaban J connectivity index is 2.44. The molecule has 1 aromatic rings. The Morgan fingerprint density at radius 3 is 2.41 bits per heavy atom. The van der Waals surface area contributed by atoms with Crippen LogP contribution in [0.2, 0.25) is 0 Å². The molecule has 0 saturated carbocycles. The van der Waals surface area contributed by atoms with Gasteiger partial charge in [-0.2, -0.15) is 0 Å². The molecule has 0 fully saturated rings. The monoisotopic (exact) mass is 251 g/mol. The Kier molecular flexibility index (Phi) is 5.77. The standard InChI is InChI=1S/C13H17NO2S/c1-3-12(16)7-4-11-5-8-13(9-6-11)17-14-10(2)15/h5-6,8-9H,3-4,7H2,1-2H3,(H,14,15). The topological polar surface area (TPSA) is 46.2 Å². The van der Waals surface area contributed by atoms with Gasteiger partial charge in [-0.15, -0.1) is 0 Å². The van der Waals surface area contributed by atoms with Gasteiger partial charge in [0.05, 0.1) is 0 Å². The molecule has 4 heteroatoms. The van der Waals surface area contributed by atoms with Gasteiger partial charge in [0.25, 0.3) is 0 Å². The molecular formula is C13H17NO2S. The number of amides is 1. The number of ketones is 1. The first-order valence-electron chi connectivity index (χ1n) is 5.66. The molecule has 0 radical (unpaired) electrons. The minimum absolute atomic E-state index is 0.0624. The Bertz CT molecular complexity index is 387. The van der Waals surface area contributed by atoms with Crippen LogP contribution < -0.4 is 4.72 Å². The largest absolute Gasteiger partial charge is 0.300 e. The van der Waals surface area contributed by atoms with E-state index in [4.69, 9.17) is 0 Å². The van der Waals surface area contributed by atoms with Crippen LogP contribution in [0.4, 0.5) is 0 Å². The number of benzene rings is 1. The van der Waals surface area contributed by atoms with Crippen LogP contribution in [0, 0.1) is 0 Å². The summed E-state index contributed by atoms with van der Waals surface area (Å²) in [6, 6.07) is 7.89. The number of rotatable bonds is 6. The number of hydrogen-bond acceptors (Lipinski definition) is 3. The maximum atomic E-state index is 11.2. The summed E-state index contributed by atoms with van der Waals surface area (Å²) in [6.45, 7) is 3.37. The normalized spacial score (nSPS) is 10.0. The van der Waals surface area contributed by atoms with Crippen molar-refractivity contribution >= 4 is 23.6 Å². The average molecular weight is 251 g/mol. The number of carbonyl (C=O) groups excluding carboxylic acids is 2. The Morgan fingerprint density at radius 1 is 1.24 bits per heavy atom. The highest BCUT2D eigenvalue weighted by molar-refractivity contribution is 7.98. The highest BCUT2D eigenvalue weighted by atomic mass is 32.2. The van der Waals surface area contributed by atoms with Crippen molar-refractivity contribution < 1.29 is 9.59 Å². The van der Waals surface area contributed by atoms with Crippen LogP contribution in [0.1, 0.15) is 32.3 Å². The summed E-state index contributed by atoms with van der Waals surface area (Å²) in [4.78, 5) is 22.9. The van der Waals surface area contributed by atoms with Crippen molar-refractivity contribution in [2.24, 2.45) is 0 Å². The van der Waals surface area contributed by atoms with Gasteiger partial charge in [0.1, 0.15) is 5.78 Å². The third-order valence-electron chi connectivity index (χ3n) is 2.32. The van der Waals surface area contributed by atoms with Crippen LogP contribution in [0.15, 0.2) is 29.2 Å². The molecule has 1 rings (SSSR count). The number of carbonyl (C=O) groups is 2. The predicted molar refractivity (Wildman–Crippen MR) is 69.7 cm³/mol. The second-order valence-electron chi connectivity index (χ2n) is 3.80. The molecule has 0 spiro atoms. The van der Waals surface area contributed by atoms with Crippen molar-refractivity contribution in [3.8, 4) is 0 Å². The molecule has 0 unspecified atom stereocenters. The van der Waals surface area contributed by atoms with Gasteiger partial charge in [-0.25, -0.2) is 0 Å². The zero-order chi connectivity index (χ0) is 12.7.